The van der Waals surface area contributed by atoms with Crippen molar-refractivity contribution in [3.05, 3.63) is 12.2 Å². The first-order valence-corrected chi connectivity index (χ1v) is 24.4. The summed E-state index contributed by atoms with van der Waals surface area (Å²) in [6.07, 6.45) is 34.7. The molecule has 9 nitrogen and oxygen atoms in total. The predicted molar refractivity (Wildman–Crippen MR) is 235 cm³/mol. The molecular formula is C48H93NO8. The van der Waals surface area contributed by atoms with Gasteiger partial charge < -0.3 is 40.7 Å². The minimum atomic E-state index is -1.68. The minimum absolute atomic E-state index is 0.242. The third-order valence-corrected chi connectivity index (χ3v) is 12.1. The molecule has 9 heteroatoms. The molecule has 338 valence electrons. The molecular weight excluding hydrogens is 719 g/mol. The number of aliphatic hydroxyl groups is 6. The quantitative estimate of drug-likeness (QED) is 0.0238. The lowest BCUT2D eigenvalue weighted by Crippen LogP contribution is -2.65. The van der Waals surface area contributed by atoms with Crippen LogP contribution in [0, 0.1) is 0 Å². The van der Waals surface area contributed by atoms with Gasteiger partial charge in [-0.15, -0.1) is 0 Å². The molecule has 1 saturated heterocycles. The topological polar surface area (TPSA) is 160 Å². The fourth-order valence-electron chi connectivity index (χ4n) is 8.25. The number of rotatable bonds is 40. The molecule has 0 aromatic rings. The van der Waals surface area contributed by atoms with Crippen LogP contribution in [0.4, 0.5) is 0 Å². The molecule has 1 aliphatic heterocycles. The first-order valence-electron chi connectivity index (χ1n) is 24.4. The van der Waals surface area contributed by atoms with Crippen LogP contribution in [0.5, 0.6) is 0 Å². The number of nitrogens with one attached hydrogen (secondary N) is 1. The maximum atomic E-state index is 13.1. The van der Waals surface area contributed by atoms with E-state index in [0.717, 1.165) is 38.5 Å². The molecule has 1 amide bonds. The molecule has 1 fully saturated rings. The van der Waals surface area contributed by atoms with Gasteiger partial charge in [0.2, 0.25) is 5.91 Å². The molecule has 8 atom stereocenters. The predicted octanol–water partition coefficient (Wildman–Crippen LogP) is 9.89. The summed E-state index contributed by atoms with van der Waals surface area (Å²) in [7, 11) is 0. The number of carbonyl (C=O) groups excluding carboxylic acids is 1. The van der Waals surface area contributed by atoms with E-state index in [2.05, 4.69) is 19.2 Å². The maximum absolute atomic E-state index is 13.1. The normalized spacial score (nSPS) is 21.6. The summed E-state index contributed by atoms with van der Waals surface area (Å²) in [5, 5.41) is 66.1. The SMILES string of the molecule is CCCCCCCCCCCCC/C=C/[C@@H](O)[C@@H](NC(=O)CCCCCCCCCCCCCCCCCCCCCCC)C(O)[C@@H]1O[C@H](CO)[C@@H](O)[C@H](O)[C@H]1O. The van der Waals surface area contributed by atoms with Crippen LogP contribution in [0.15, 0.2) is 12.2 Å². The Labute approximate surface area is 350 Å². The van der Waals surface area contributed by atoms with Gasteiger partial charge in [-0.05, 0) is 19.3 Å². The Morgan fingerprint density at radius 2 is 0.912 bits per heavy atom. The second-order valence-electron chi connectivity index (χ2n) is 17.4. The van der Waals surface area contributed by atoms with E-state index in [1.54, 1.807) is 6.08 Å². The Bertz CT molecular complexity index is 919. The van der Waals surface area contributed by atoms with Crippen molar-refractivity contribution in [3.63, 3.8) is 0 Å². The Morgan fingerprint density at radius 3 is 1.30 bits per heavy atom. The van der Waals surface area contributed by atoms with Crippen molar-refractivity contribution in [1.29, 1.82) is 0 Å². The van der Waals surface area contributed by atoms with Crippen molar-refractivity contribution in [2.24, 2.45) is 0 Å². The van der Waals surface area contributed by atoms with Gasteiger partial charge in [0.1, 0.15) is 36.6 Å². The molecule has 0 radical (unpaired) electrons. The van der Waals surface area contributed by atoms with Crippen LogP contribution in [0.1, 0.15) is 232 Å². The van der Waals surface area contributed by atoms with Gasteiger partial charge in [0.15, 0.2) is 0 Å². The number of ether oxygens (including phenoxy) is 1. The Balaban J connectivity index is 2.34. The third-order valence-electron chi connectivity index (χ3n) is 12.1. The first kappa shape index (κ1) is 53.9. The minimum Gasteiger partial charge on any atom is -0.394 e. The number of carbonyl (C=O) groups is 1. The van der Waals surface area contributed by atoms with E-state index in [0.29, 0.717) is 6.42 Å². The van der Waals surface area contributed by atoms with E-state index in [-0.39, 0.29) is 12.3 Å². The van der Waals surface area contributed by atoms with Gasteiger partial charge in [0.25, 0.3) is 0 Å². The van der Waals surface area contributed by atoms with Crippen LogP contribution in [0.3, 0.4) is 0 Å². The fourth-order valence-corrected chi connectivity index (χ4v) is 8.25. The highest BCUT2D eigenvalue weighted by molar-refractivity contribution is 5.76. The van der Waals surface area contributed by atoms with E-state index in [1.165, 1.54) is 167 Å². The standard InChI is InChI=1S/C48H93NO8/c1-3-5-7-9-11-13-15-17-18-19-20-21-22-23-24-26-28-30-32-34-36-38-42(52)49-43(45(54)48-47(56)46(55)44(53)41(39-50)57-48)40(51)37-35-33-31-29-27-25-16-14-12-10-8-6-4-2/h35,37,40-41,43-48,50-51,53-56H,3-34,36,38-39H2,1-2H3,(H,49,52)/b37-35+/t40-,41-,43-,44-,45?,46+,47-,48+/m1/s1. The molecule has 0 aliphatic carbocycles. The van der Waals surface area contributed by atoms with Gasteiger partial charge in [-0.2, -0.15) is 0 Å². The van der Waals surface area contributed by atoms with Crippen molar-refractivity contribution < 1.29 is 40.2 Å². The summed E-state index contributed by atoms with van der Waals surface area (Å²) < 4.78 is 5.59. The number of hydrogen-bond donors (Lipinski definition) is 7. The summed E-state index contributed by atoms with van der Waals surface area (Å²) in [5.41, 5.74) is 0. The summed E-state index contributed by atoms with van der Waals surface area (Å²) >= 11 is 0. The van der Waals surface area contributed by atoms with Crippen molar-refractivity contribution >= 4 is 5.91 Å². The Morgan fingerprint density at radius 1 is 0.544 bits per heavy atom. The summed E-state index contributed by atoms with van der Waals surface area (Å²) in [6.45, 7) is 3.88. The largest absolute Gasteiger partial charge is 0.394 e. The molecule has 0 bridgehead atoms. The van der Waals surface area contributed by atoms with Crippen LogP contribution in [-0.4, -0.2) is 91.9 Å². The van der Waals surface area contributed by atoms with Gasteiger partial charge in [0, 0.05) is 6.42 Å². The van der Waals surface area contributed by atoms with Crippen LogP contribution < -0.4 is 5.32 Å². The van der Waals surface area contributed by atoms with Gasteiger partial charge in [-0.1, -0.05) is 219 Å². The van der Waals surface area contributed by atoms with Gasteiger partial charge >= 0.3 is 0 Å². The van der Waals surface area contributed by atoms with Crippen molar-refractivity contribution in [1.82, 2.24) is 5.32 Å². The number of aliphatic hydroxyl groups excluding tert-OH is 6. The van der Waals surface area contributed by atoms with Gasteiger partial charge in [0.05, 0.1) is 18.8 Å². The lowest BCUT2D eigenvalue weighted by Gasteiger charge is -2.43. The summed E-state index contributed by atoms with van der Waals surface area (Å²) in [4.78, 5) is 13.1. The molecule has 1 aliphatic rings. The molecule has 0 spiro atoms. The second-order valence-corrected chi connectivity index (χ2v) is 17.4. The number of hydrogen-bond acceptors (Lipinski definition) is 8. The molecule has 1 unspecified atom stereocenters. The Kier molecular flexibility index (Phi) is 35.9. The molecule has 1 rings (SSSR count). The molecule has 1 heterocycles. The molecule has 57 heavy (non-hydrogen) atoms. The highest BCUT2D eigenvalue weighted by Gasteiger charge is 2.48. The van der Waals surface area contributed by atoms with Crippen LogP contribution in [-0.2, 0) is 9.53 Å². The van der Waals surface area contributed by atoms with Gasteiger partial charge in [-0.3, -0.25) is 4.79 Å². The van der Waals surface area contributed by atoms with Crippen molar-refractivity contribution in [3.8, 4) is 0 Å². The molecule has 0 aromatic heterocycles. The lowest BCUT2D eigenvalue weighted by molar-refractivity contribution is -0.253. The number of allylic oxidation sites excluding steroid dienone is 1. The number of amides is 1. The maximum Gasteiger partial charge on any atom is 0.220 e. The second kappa shape index (κ2) is 37.9. The Hall–Kier alpha value is -1.07. The average Bonchev–Trinajstić information content (AvgIpc) is 3.21. The molecule has 7 N–H and O–H groups in total. The summed E-state index contributed by atoms with van der Waals surface area (Å²) in [5.74, 6) is -0.320. The number of unbranched alkanes of at least 4 members (excludes halogenated alkanes) is 31. The van der Waals surface area contributed by atoms with Crippen LogP contribution in [0.2, 0.25) is 0 Å². The fraction of sp³-hybridized carbons (Fsp3) is 0.938. The highest BCUT2D eigenvalue weighted by Crippen LogP contribution is 2.26. The zero-order chi connectivity index (χ0) is 41.8. The van der Waals surface area contributed by atoms with E-state index < -0.39 is 55.4 Å². The highest BCUT2D eigenvalue weighted by atomic mass is 16.6. The van der Waals surface area contributed by atoms with E-state index in [9.17, 15) is 35.4 Å². The molecule has 0 aromatic carbocycles. The van der Waals surface area contributed by atoms with Crippen LogP contribution >= 0.6 is 0 Å². The lowest BCUT2D eigenvalue weighted by atomic mass is 9.88. The van der Waals surface area contributed by atoms with Crippen LogP contribution in [0.25, 0.3) is 0 Å². The molecule has 0 saturated carbocycles. The monoisotopic (exact) mass is 812 g/mol. The van der Waals surface area contributed by atoms with E-state index in [4.69, 9.17) is 4.74 Å². The van der Waals surface area contributed by atoms with Crippen molar-refractivity contribution in [2.45, 2.75) is 281 Å². The summed E-state index contributed by atoms with van der Waals surface area (Å²) in [6, 6.07) is -1.22. The van der Waals surface area contributed by atoms with E-state index >= 15 is 0 Å². The smallest absolute Gasteiger partial charge is 0.220 e. The zero-order valence-corrected chi connectivity index (χ0v) is 37.0. The van der Waals surface area contributed by atoms with Crippen molar-refractivity contribution in [2.75, 3.05) is 6.61 Å². The third kappa shape index (κ3) is 27.4. The zero-order valence-electron chi connectivity index (χ0n) is 37.0. The van der Waals surface area contributed by atoms with Gasteiger partial charge in [-0.25, -0.2) is 0 Å². The first-order chi connectivity index (χ1) is 27.8. The average molecular weight is 812 g/mol. The van der Waals surface area contributed by atoms with E-state index in [1.807, 2.05) is 6.08 Å².